The van der Waals surface area contributed by atoms with Crippen LogP contribution in [-0.4, -0.2) is 27.3 Å². The standard InChI is InChI=1S/C19H18BrCl2N5O2/c1-3-6-27-19(24-25-26-27)23-10-13-8-17(28-2)18(9-14(13)20)29-11-12-4-5-15(21)16(22)7-12/h3-5,7-9H,1,6,10-11H2,2H3,(H,23,24,26). The molecule has 1 heterocycles. The van der Waals surface area contributed by atoms with Crippen molar-refractivity contribution >= 4 is 45.1 Å². The van der Waals surface area contributed by atoms with E-state index in [1.807, 2.05) is 18.2 Å². The number of rotatable bonds is 9. The van der Waals surface area contributed by atoms with Gasteiger partial charge in [-0.3, -0.25) is 0 Å². The van der Waals surface area contributed by atoms with Crippen LogP contribution in [-0.2, 0) is 19.7 Å². The molecule has 0 saturated carbocycles. The highest BCUT2D eigenvalue weighted by atomic mass is 79.9. The van der Waals surface area contributed by atoms with Crippen molar-refractivity contribution in [2.45, 2.75) is 19.7 Å². The van der Waals surface area contributed by atoms with E-state index < -0.39 is 0 Å². The molecule has 1 aromatic heterocycles. The van der Waals surface area contributed by atoms with Gasteiger partial charge in [-0.2, -0.15) is 0 Å². The van der Waals surface area contributed by atoms with Gasteiger partial charge in [-0.25, -0.2) is 4.68 Å². The van der Waals surface area contributed by atoms with E-state index in [1.54, 1.807) is 30.0 Å². The first-order valence-corrected chi connectivity index (χ1v) is 10.1. The third kappa shape index (κ3) is 5.41. The Morgan fingerprint density at radius 3 is 2.76 bits per heavy atom. The van der Waals surface area contributed by atoms with Gasteiger partial charge in [-0.15, -0.1) is 6.58 Å². The lowest BCUT2D eigenvalue weighted by molar-refractivity contribution is 0.284. The number of nitrogens with one attached hydrogen (secondary N) is 1. The van der Waals surface area contributed by atoms with E-state index in [0.717, 1.165) is 15.6 Å². The van der Waals surface area contributed by atoms with Gasteiger partial charge >= 0.3 is 0 Å². The highest BCUT2D eigenvalue weighted by Gasteiger charge is 2.12. The minimum absolute atomic E-state index is 0.327. The first kappa shape index (κ1) is 21.4. The van der Waals surface area contributed by atoms with Crippen LogP contribution in [0.2, 0.25) is 10.0 Å². The zero-order valence-corrected chi connectivity index (χ0v) is 18.6. The summed E-state index contributed by atoms with van der Waals surface area (Å²) in [6.45, 7) is 5.02. The van der Waals surface area contributed by atoms with Crippen LogP contribution in [0.25, 0.3) is 0 Å². The Labute approximate surface area is 186 Å². The number of halogens is 3. The van der Waals surface area contributed by atoms with Gasteiger partial charge in [0.05, 0.1) is 23.7 Å². The summed E-state index contributed by atoms with van der Waals surface area (Å²) in [5.41, 5.74) is 1.86. The summed E-state index contributed by atoms with van der Waals surface area (Å²) in [7, 11) is 1.59. The number of aromatic nitrogens is 4. The lowest BCUT2D eigenvalue weighted by atomic mass is 10.2. The van der Waals surface area contributed by atoms with Crippen LogP contribution in [0.5, 0.6) is 11.5 Å². The lowest BCUT2D eigenvalue weighted by Crippen LogP contribution is -2.09. The fourth-order valence-corrected chi connectivity index (χ4v) is 3.31. The zero-order valence-electron chi connectivity index (χ0n) is 15.5. The average molecular weight is 499 g/mol. The number of allylic oxidation sites excluding steroid dienone is 1. The second-order valence-electron chi connectivity index (χ2n) is 5.96. The number of methoxy groups -OCH3 is 1. The summed E-state index contributed by atoms with van der Waals surface area (Å²) >= 11 is 15.6. The first-order valence-electron chi connectivity index (χ1n) is 8.56. The van der Waals surface area contributed by atoms with Gasteiger partial charge in [0, 0.05) is 11.0 Å². The summed E-state index contributed by atoms with van der Waals surface area (Å²) in [6, 6.07) is 9.13. The van der Waals surface area contributed by atoms with Gasteiger partial charge in [-0.05, 0) is 45.8 Å². The van der Waals surface area contributed by atoms with Crippen LogP contribution in [0.3, 0.4) is 0 Å². The van der Waals surface area contributed by atoms with Crippen molar-refractivity contribution < 1.29 is 9.47 Å². The molecule has 152 valence electrons. The first-order chi connectivity index (χ1) is 14.0. The molecule has 0 spiro atoms. The van der Waals surface area contributed by atoms with Crippen molar-refractivity contribution in [1.82, 2.24) is 20.2 Å². The van der Waals surface area contributed by atoms with Gasteiger partial charge in [0.2, 0.25) is 5.95 Å². The number of tetrazole rings is 1. The maximum Gasteiger partial charge on any atom is 0.243 e. The van der Waals surface area contributed by atoms with Crippen molar-refractivity contribution in [2.24, 2.45) is 0 Å². The number of ether oxygens (including phenoxy) is 2. The van der Waals surface area contributed by atoms with Gasteiger partial charge in [0.15, 0.2) is 11.5 Å². The van der Waals surface area contributed by atoms with Crippen LogP contribution in [0.15, 0.2) is 47.5 Å². The maximum absolute atomic E-state index is 6.06. The molecule has 0 bridgehead atoms. The summed E-state index contributed by atoms with van der Waals surface area (Å²) in [4.78, 5) is 0. The van der Waals surface area contributed by atoms with Crippen molar-refractivity contribution in [1.29, 1.82) is 0 Å². The Kier molecular flexibility index (Phi) is 7.35. The fourth-order valence-electron chi connectivity index (χ4n) is 2.53. The van der Waals surface area contributed by atoms with Gasteiger partial charge in [-0.1, -0.05) is 56.4 Å². The predicted molar refractivity (Wildman–Crippen MR) is 117 cm³/mol. The maximum atomic E-state index is 6.06. The number of anilines is 1. The molecule has 0 aliphatic rings. The quantitative estimate of drug-likeness (QED) is 0.412. The van der Waals surface area contributed by atoms with Gasteiger partial charge < -0.3 is 14.8 Å². The summed E-state index contributed by atoms with van der Waals surface area (Å²) in [5.74, 6) is 1.76. The van der Waals surface area contributed by atoms with Crippen molar-refractivity contribution in [3.8, 4) is 11.5 Å². The van der Waals surface area contributed by atoms with E-state index >= 15 is 0 Å². The normalized spacial score (nSPS) is 10.6. The molecule has 7 nitrogen and oxygen atoms in total. The number of benzene rings is 2. The lowest BCUT2D eigenvalue weighted by Gasteiger charge is -2.15. The molecule has 1 N–H and O–H groups in total. The van der Waals surface area contributed by atoms with E-state index in [0.29, 0.717) is 47.2 Å². The topological polar surface area (TPSA) is 74.1 Å². The Bertz CT molecular complexity index is 1010. The number of hydrogen-bond donors (Lipinski definition) is 1. The molecule has 0 aliphatic carbocycles. The molecule has 2 aromatic carbocycles. The molecule has 0 unspecified atom stereocenters. The van der Waals surface area contributed by atoms with Crippen molar-refractivity contribution in [3.63, 3.8) is 0 Å². The van der Waals surface area contributed by atoms with Gasteiger partial charge in [0.25, 0.3) is 0 Å². The molecule has 0 radical (unpaired) electrons. The Morgan fingerprint density at radius 2 is 2.03 bits per heavy atom. The third-order valence-corrected chi connectivity index (χ3v) is 5.46. The molecule has 0 fully saturated rings. The summed E-state index contributed by atoms with van der Waals surface area (Å²) < 4.78 is 13.9. The fraction of sp³-hybridized carbons (Fsp3) is 0.211. The van der Waals surface area contributed by atoms with Crippen molar-refractivity contribution in [3.05, 3.63) is 68.6 Å². The largest absolute Gasteiger partial charge is 0.493 e. The molecule has 0 atom stereocenters. The molecule has 3 aromatic rings. The Hall–Kier alpha value is -2.29. The molecule has 29 heavy (non-hydrogen) atoms. The van der Waals surface area contributed by atoms with Crippen LogP contribution >= 0.6 is 39.1 Å². The van der Waals surface area contributed by atoms with Crippen LogP contribution in [0.4, 0.5) is 5.95 Å². The number of hydrogen-bond acceptors (Lipinski definition) is 6. The average Bonchev–Trinajstić information content (AvgIpc) is 3.15. The highest BCUT2D eigenvalue weighted by Crippen LogP contribution is 2.34. The Balaban J connectivity index is 1.72. The highest BCUT2D eigenvalue weighted by molar-refractivity contribution is 9.10. The van der Waals surface area contributed by atoms with Crippen LogP contribution in [0, 0.1) is 0 Å². The minimum Gasteiger partial charge on any atom is -0.493 e. The summed E-state index contributed by atoms with van der Waals surface area (Å²) in [5, 5.41) is 15.7. The second kappa shape index (κ2) is 9.96. The molecular formula is C19H18BrCl2N5O2. The van der Waals surface area contributed by atoms with E-state index in [9.17, 15) is 0 Å². The monoisotopic (exact) mass is 497 g/mol. The van der Waals surface area contributed by atoms with E-state index in [2.05, 4.69) is 43.4 Å². The predicted octanol–water partition coefficient (Wildman–Crippen LogP) is 5.13. The van der Waals surface area contributed by atoms with Crippen LogP contribution in [0.1, 0.15) is 11.1 Å². The molecule has 0 amide bonds. The van der Waals surface area contributed by atoms with Crippen molar-refractivity contribution in [2.75, 3.05) is 12.4 Å². The SMILES string of the molecule is C=CCn1nnnc1NCc1cc(OC)c(OCc2ccc(Cl)c(Cl)c2)cc1Br. The molecule has 0 aliphatic heterocycles. The molecule has 0 saturated heterocycles. The Morgan fingerprint density at radius 1 is 1.21 bits per heavy atom. The third-order valence-electron chi connectivity index (χ3n) is 3.98. The second-order valence-corrected chi connectivity index (χ2v) is 7.63. The van der Waals surface area contributed by atoms with E-state index in [4.69, 9.17) is 32.7 Å². The molecule has 3 rings (SSSR count). The minimum atomic E-state index is 0.327. The molecule has 10 heteroatoms. The summed E-state index contributed by atoms with van der Waals surface area (Å²) in [6.07, 6.45) is 1.72. The van der Waals surface area contributed by atoms with Gasteiger partial charge in [0.1, 0.15) is 6.61 Å². The number of nitrogens with zero attached hydrogens (tertiary/aromatic N) is 4. The van der Waals surface area contributed by atoms with E-state index in [1.165, 1.54) is 0 Å². The smallest absolute Gasteiger partial charge is 0.243 e. The zero-order chi connectivity index (χ0) is 20.8. The molecular weight excluding hydrogens is 481 g/mol. The van der Waals surface area contributed by atoms with E-state index in [-0.39, 0.29) is 0 Å². The van der Waals surface area contributed by atoms with Crippen LogP contribution < -0.4 is 14.8 Å².